The van der Waals surface area contributed by atoms with Gasteiger partial charge in [-0.1, -0.05) is 26.2 Å². The maximum Gasteiger partial charge on any atom is 0.247 e. The van der Waals surface area contributed by atoms with E-state index in [0.29, 0.717) is 46.9 Å². The lowest BCUT2D eigenvalue weighted by atomic mass is 9.77. The zero-order valence-electron chi connectivity index (χ0n) is 20.9. The number of aldehydes is 1. The van der Waals surface area contributed by atoms with Gasteiger partial charge >= 0.3 is 0 Å². The molecule has 2 amide bonds. The largest absolute Gasteiger partial charge is 0.493 e. The molecular weight excluding hydrogens is 464 g/mol. The molecular formula is C27H36N2O7. The highest BCUT2D eigenvalue weighted by atomic mass is 16.5. The van der Waals surface area contributed by atoms with Crippen molar-refractivity contribution in [2.45, 2.75) is 69.6 Å². The first-order valence-electron chi connectivity index (χ1n) is 12.9. The molecule has 0 radical (unpaired) electrons. The predicted octanol–water partition coefficient (Wildman–Crippen LogP) is 1.95. The van der Waals surface area contributed by atoms with E-state index >= 15 is 0 Å². The number of carbonyl (C=O) groups is 3. The molecule has 4 atom stereocenters. The molecule has 3 aliphatic rings. The minimum atomic E-state index is -1.10. The SMILES string of the molecule is CCC(=O)N(CC1CCCCC1)C1C=C(C(=O)NCCO)C2c3cc(C=O)cc(OC)c3OC2C1O. The van der Waals surface area contributed by atoms with Crippen molar-refractivity contribution in [2.75, 3.05) is 26.8 Å². The van der Waals surface area contributed by atoms with Gasteiger partial charge in [-0.2, -0.15) is 0 Å². The number of aliphatic hydroxyl groups is 2. The second kappa shape index (κ2) is 11.4. The van der Waals surface area contributed by atoms with Crippen molar-refractivity contribution in [3.05, 3.63) is 34.9 Å². The molecule has 1 aliphatic heterocycles. The van der Waals surface area contributed by atoms with Crippen LogP contribution in [0.4, 0.5) is 0 Å². The van der Waals surface area contributed by atoms with E-state index in [-0.39, 0.29) is 25.5 Å². The molecule has 0 bridgehead atoms. The fourth-order valence-electron chi connectivity index (χ4n) is 5.80. The van der Waals surface area contributed by atoms with Crippen molar-refractivity contribution in [1.82, 2.24) is 10.2 Å². The molecule has 4 rings (SSSR count). The third kappa shape index (κ3) is 4.99. The van der Waals surface area contributed by atoms with Crippen LogP contribution in [-0.4, -0.2) is 78.3 Å². The number of hydrogen-bond acceptors (Lipinski definition) is 7. The molecule has 2 aliphatic carbocycles. The summed E-state index contributed by atoms with van der Waals surface area (Å²) in [7, 11) is 1.46. The molecule has 0 saturated heterocycles. The molecule has 1 heterocycles. The standard InChI is InChI=1S/C27H36N2O7/c1-3-22(32)29(14-16-7-5-4-6-8-16)20-13-19(27(34)28-9-10-30)23-18-11-17(15-31)12-21(35-2)25(18)36-26(23)24(20)33/h11-13,15-16,20,23-24,26,30,33H,3-10,14H2,1-2H3,(H,28,34). The van der Waals surface area contributed by atoms with Crippen molar-refractivity contribution >= 4 is 18.1 Å². The second-order valence-corrected chi connectivity index (χ2v) is 9.81. The van der Waals surface area contributed by atoms with Crippen LogP contribution in [0.5, 0.6) is 11.5 Å². The fourth-order valence-corrected chi connectivity index (χ4v) is 5.80. The number of nitrogens with zero attached hydrogens (tertiary/aromatic N) is 1. The molecule has 9 heteroatoms. The third-order valence-corrected chi connectivity index (χ3v) is 7.57. The topological polar surface area (TPSA) is 125 Å². The first-order valence-corrected chi connectivity index (χ1v) is 12.9. The molecule has 1 saturated carbocycles. The minimum Gasteiger partial charge on any atom is -0.493 e. The Morgan fingerprint density at radius 3 is 2.64 bits per heavy atom. The zero-order valence-corrected chi connectivity index (χ0v) is 20.9. The van der Waals surface area contributed by atoms with Crippen LogP contribution in [0, 0.1) is 5.92 Å². The van der Waals surface area contributed by atoms with Gasteiger partial charge in [-0.05, 0) is 37.0 Å². The maximum absolute atomic E-state index is 13.3. The molecule has 196 valence electrons. The monoisotopic (exact) mass is 500 g/mol. The van der Waals surface area contributed by atoms with Gasteiger partial charge in [0.15, 0.2) is 11.5 Å². The van der Waals surface area contributed by atoms with Gasteiger partial charge in [0.05, 0.1) is 25.7 Å². The van der Waals surface area contributed by atoms with Crippen LogP contribution in [0.3, 0.4) is 0 Å². The number of amides is 2. The van der Waals surface area contributed by atoms with Crippen molar-refractivity contribution in [1.29, 1.82) is 0 Å². The van der Waals surface area contributed by atoms with Gasteiger partial charge in [0.1, 0.15) is 18.5 Å². The van der Waals surface area contributed by atoms with E-state index in [1.54, 1.807) is 30.0 Å². The van der Waals surface area contributed by atoms with Gasteiger partial charge in [0.25, 0.3) is 0 Å². The van der Waals surface area contributed by atoms with Gasteiger partial charge in [0, 0.05) is 36.2 Å². The van der Waals surface area contributed by atoms with E-state index in [1.165, 1.54) is 13.5 Å². The molecule has 0 aromatic heterocycles. The summed E-state index contributed by atoms with van der Waals surface area (Å²) in [5.41, 5.74) is 1.27. The molecule has 3 N–H and O–H groups in total. The number of fused-ring (bicyclic) bond motifs is 3. The van der Waals surface area contributed by atoms with Crippen LogP contribution in [0.15, 0.2) is 23.8 Å². The smallest absolute Gasteiger partial charge is 0.247 e. The maximum atomic E-state index is 13.3. The zero-order chi connectivity index (χ0) is 25.8. The average Bonchev–Trinajstić information content (AvgIpc) is 3.30. The predicted molar refractivity (Wildman–Crippen MR) is 132 cm³/mol. The second-order valence-electron chi connectivity index (χ2n) is 9.81. The number of carbonyl (C=O) groups excluding carboxylic acids is 3. The summed E-state index contributed by atoms with van der Waals surface area (Å²) in [5, 5.41) is 23.5. The van der Waals surface area contributed by atoms with E-state index in [9.17, 15) is 24.6 Å². The van der Waals surface area contributed by atoms with Crippen LogP contribution >= 0.6 is 0 Å². The number of rotatable bonds is 9. The lowest BCUT2D eigenvalue weighted by Crippen LogP contribution is -2.56. The van der Waals surface area contributed by atoms with Crippen molar-refractivity contribution in [2.24, 2.45) is 5.92 Å². The summed E-state index contributed by atoms with van der Waals surface area (Å²) >= 11 is 0. The van der Waals surface area contributed by atoms with Crippen LogP contribution in [0.2, 0.25) is 0 Å². The average molecular weight is 501 g/mol. The Kier molecular flexibility index (Phi) is 8.31. The summed E-state index contributed by atoms with van der Waals surface area (Å²) in [6.07, 6.45) is 6.21. The Balaban J connectivity index is 1.77. The van der Waals surface area contributed by atoms with E-state index in [0.717, 1.165) is 25.7 Å². The summed E-state index contributed by atoms with van der Waals surface area (Å²) in [5.74, 6) is -0.107. The van der Waals surface area contributed by atoms with Gasteiger partial charge < -0.3 is 29.9 Å². The molecule has 1 aromatic carbocycles. The third-order valence-electron chi connectivity index (χ3n) is 7.57. The number of methoxy groups -OCH3 is 1. The summed E-state index contributed by atoms with van der Waals surface area (Å²) < 4.78 is 11.7. The van der Waals surface area contributed by atoms with Gasteiger partial charge in [0.2, 0.25) is 11.8 Å². The Bertz CT molecular complexity index is 1020. The first-order chi connectivity index (χ1) is 17.4. The first kappa shape index (κ1) is 26.2. The van der Waals surface area contributed by atoms with E-state index < -0.39 is 30.1 Å². The molecule has 4 unspecified atom stereocenters. The number of hydrogen-bond donors (Lipinski definition) is 3. The molecule has 0 spiro atoms. The van der Waals surface area contributed by atoms with Crippen LogP contribution in [0.25, 0.3) is 0 Å². The highest BCUT2D eigenvalue weighted by Gasteiger charge is 2.51. The normalized spacial score (nSPS) is 25.2. The Labute approximate surface area is 211 Å². The number of nitrogens with one attached hydrogen (secondary N) is 1. The lowest BCUT2D eigenvalue weighted by molar-refractivity contribution is -0.138. The van der Waals surface area contributed by atoms with Crippen molar-refractivity contribution < 1.29 is 34.1 Å². The van der Waals surface area contributed by atoms with Gasteiger partial charge in [-0.25, -0.2) is 0 Å². The number of benzene rings is 1. The van der Waals surface area contributed by atoms with Gasteiger partial charge in [-0.15, -0.1) is 0 Å². The molecule has 9 nitrogen and oxygen atoms in total. The van der Waals surface area contributed by atoms with Crippen LogP contribution < -0.4 is 14.8 Å². The minimum absolute atomic E-state index is 0.0614. The molecule has 1 fully saturated rings. The summed E-state index contributed by atoms with van der Waals surface area (Å²) in [6, 6.07) is 2.45. The number of ether oxygens (including phenoxy) is 2. The highest BCUT2D eigenvalue weighted by Crippen LogP contribution is 2.51. The fraction of sp³-hybridized carbons (Fsp3) is 0.593. The highest BCUT2D eigenvalue weighted by molar-refractivity contribution is 5.96. The van der Waals surface area contributed by atoms with Crippen LogP contribution in [-0.2, 0) is 9.59 Å². The van der Waals surface area contributed by atoms with E-state index in [1.807, 2.05) is 0 Å². The van der Waals surface area contributed by atoms with E-state index in [4.69, 9.17) is 9.47 Å². The number of aliphatic hydroxyl groups excluding tert-OH is 2. The quantitative estimate of drug-likeness (QED) is 0.443. The van der Waals surface area contributed by atoms with Crippen LogP contribution in [0.1, 0.15) is 67.3 Å². The van der Waals surface area contributed by atoms with Crippen molar-refractivity contribution in [3.63, 3.8) is 0 Å². The summed E-state index contributed by atoms with van der Waals surface area (Å²) in [4.78, 5) is 39.7. The molecule has 1 aromatic rings. The van der Waals surface area contributed by atoms with E-state index in [2.05, 4.69) is 5.32 Å². The molecule has 36 heavy (non-hydrogen) atoms. The Morgan fingerprint density at radius 1 is 1.25 bits per heavy atom. The summed E-state index contributed by atoms with van der Waals surface area (Å²) in [6.45, 7) is 2.14. The lowest BCUT2D eigenvalue weighted by Gasteiger charge is -2.42. The Morgan fingerprint density at radius 2 is 2.00 bits per heavy atom. The Hall–Kier alpha value is -2.91. The van der Waals surface area contributed by atoms with Gasteiger partial charge in [-0.3, -0.25) is 14.4 Å². The van der Waals surface area contributed by atoms with Crippen molar-refractivity contribution in [3.8, 4) is 11.5 Å².